The van der Waals surface area contributed by atoms with E-state index in [1.807, 2.05) is 5.32 Å². The molecule has 0 aliphatic heterocycles. The molecule has 82 valence electrons. The number of hydrogen-bond donors (Lipinski definition) is 4. The maximum Gasteiger partial charge on any atom is 0.261 e. The van der Waals surface area contributed by atoms with Crippen molar-refractivity contribution in [3.05, 3.63) is 28.3 Å². The zero-order valence-electron chi connectivity index (χ0n) is 7.91. The first kappa shape index (κ1) is 11.8. The average Bonchev–Trinajstić information content (AvgIpc) is 2.20. The molecule has 0 radical (unpaired) electrons. The highest BCUT2D eigenvalue weighted by atomic mass is 35.5. The first-order valence-electron chi connectivity index (χ1n) is 4.03. The third-order valence-corrected chi connectivity index (χ3v) is 1.97. The normalized spacial score (nSPS) is 9.25. The number of benzene rings is 1. The van der Waals surface area contributed by atoms with Crippen molar-refractivity contribution >= 4 is 23.5 Å². The molecule has 0 aliphatic carbocycles. The third-order valence-electron chi connectivity index (χ3n) is 1.69. The van der Waals surface area contributed by atoms with Crippen molar-refractivity contribution < 1.29 is 9.90 Å². The molecule has 6 nitrogen and oxygen atoms in total. The molecular formula is C9H7ClN4O2. The van der Waals surface area contributed by atoms with Crippen LogP contribution >= 0.6 is 11.6 Å². The fourth-order valence-electron chi connectivity index (χ4n) is 1.03. The Hall–Kier alpha value is -2.26. The molecule has 1 amide bonds. The molecule has 0 aliphatic rings. The van der Waals surface area contributed by atoms with Gasteiger partial charge in [-0.05, 0) is 12.1 Å². The summed E-state index contributed by atoms with van der Waals surface area (Å²) >= 11 is 5.61. The number of nitrogens with zero attached hydrogens (tertiary/aromatic N) is 1. The molecule has 0 fully saturated rings. The molecule has 0 unspecified atom stereocenters. The van der Waals surface area contributed by atoms with E-state index in [-0.39, 0.29) is 16.1 Å². The molecule has 0 spiro atoms. The molecule has 0 atom stereocenters. The van der Waals surface area contributed by atoms with Gasteiger partial charge >= 0.3 is 0 Å². The molecule has 0 aromatic heterocycles. The Kier molecular flexibility index (Phi) is 3.33. The molecule has 7 heteroatoms. The van der Waals surface area contributed by atoms with E-state index in [0.717, 1.165) is 6.07 Å². The Morgan fingerprint density at radius 3 is 2.75 bits per heavy atom. The van der Waals surface area contributed by atoms with Crippen molar-refractivity contribution in [2.45, 2.75) is 0 Å². The van der Waals surface area contributed by atoms with Gasteiger partial charge in [0.1, 0.15) is 5.75 Å². The van der Waals surface area contributed by atoms with Gasteiger partial charge in [0, 0.05) is 0 Å². The molecule has 0 bridgehead atoms. The summed E-state index contributed by atoms with van der Waals surface area (Å²) in [7, 11) is 0. The van der Waals surface area contributed by atoms with Crippen LogP contribution in [0.15, 0.2) is 12.1 Å². The lowest BCUT2D eigenvalue weighted by Crippen LogP contribution is -2.35. The van der Waals surface area contributed by atoms with Crippen LogP contribution in [-0.4, -0.2) is 17.0 Å². The third kappa shape index (κ3) is 2.40. The maximum atomic E-state index is 11.4. The van der Waals surface area contributed by atoms with Crippen LogP contribution in [0.1, 0.15) is 15.9 Å². The number of nitrogens with one attached hydrogen (secondary N) is 2. The van der Waals surface area contributed by atoms with E-state index >= 15 is 0 Å². The van der Waals surface area contributed by atoms with Gasteiger partial charge in [-0.15, -0.1) is 0 Å². The van der Waals surface area contributed by atoms with Crippen molar-refractivity contribution in [2.24, 2.45) is 5.73 Å². The number of carbonyl (C=O) groups is 1. The van der Waals surface area contributed by atoms with E-state index < -0.39 is 17.6 Å². The quantitative estimate of drug-likeness (QED) is 0.421. The molecule has 0 saturated heterocycles. The Morgan fingerprint density at radius 1 is 1.62 bits per heavy atom. The van der Waals surface area contributed by atoms with Gasteiger partial charge in [0.25, 0.3) is 5.91 Å². The molecular weight excluding hydrogens is 232 g/mol. The fourth-order valence-corrected chi connectivity index (χ4v) is 1.25. The lowest BCUT2D eigenvalue weighted by atomic mass is 10.1. The van der Waals surface area contributed by atoms with E-state index in [9.17, 15) is 9.90 Å². The van der Waals surface area contributed by atoms with E-state index in [0.29, 0.717) is 0 Å². The van der Waals surface area contributed by atoms with Crippen LogP contribution in [-0.2, 0) is 0 Å². The molecule has 1 rings (SSSR count). The van der Waals surface area contributed by atoms with Crippen LogP contribution in [0.2, 0.25) is 5.02 Å². The lowest BCUT2D eigenvalue weighted by molar-refractivity contribution is 0.0974. The summed E-state index contributed by atoms with van der Waals surface area (Å²) in [6, 6.07) is 4.16. The summed E-state index contributed by atoms with van der Waals surface area (Å²) in [6.45, 7) is 0. The second-order valence-electron chi connectivity index (χ2n) is 2.83. The van der Waals surface area contributed by atoms with Crippen LogP contribution in [0.5, 0.6) is 5.75 Å². The monoisotopic (exact) mass is 238 g/mol. The maximum absolute atomic E-state index is 11.4. The number of guanidine groups is 1. The first-order chi connectivity index (χ1) is 7.45. The van der Waals surface area contributed by atoms with E-state index in [1.54, 1.807) is 6.07 Å². The van der Waals surface area contributed by atoms with Crippen LogP contribution < -0.4 is 11.1 Å². The van der Waals surface area contributed by atoms with Crippen molar-refractivity contribution in [3.63, 3.8) is 0 Å². The Labute approximate surface area is 95.8 Å². The lowest BCUT2D eigenvalue weighted by Gasteiger charge is -2.06. The van der Waals surface area contributed by atoms with Gasteiger partial charge in [0.2, 0.25) is 0 Å². The smallest absolute Gasteiger partial charge is 0.261 e. The Morgan fingerprint density at radius 2 is 2.25 bits per heavy atom. The predicted molar refractivity (Wildman–Crippen MR) is 57.2 cm³/mol. The van der Waals surface area contributed by atoms with Gasteiger partial charge in [-0.1, -0.05) is 11.6 Å². The SMILES string of the molecule is N#Cc1cc(Cl)c(O)c(C(=O)NC(=N)N)c1. The average molecular weight is 239 g/mol. The van der Waals surface area contributed by atoms with E-state index in [1.165, 1.54) is 6.07 Å². The minimum atomic E-state index is -0.802. The van der Waals surface area contributed by atoms with Gasteiger partial charge in [-0.2, -0.15) is 5.26 Å². The Balaban J connectivity index is 3.23. The fraction of sp³-hybridized carbons (Fsp3) is 0. The molecule has 5 N–H and O–H groups in total. The van der Waals surface area contributed by atoms with Crippen LogP contribution in [0, 0.1) is 16.7 Å². The van der Waals surface area contributed by atoms with Gasteiger partial charge in [0.05, 0.1) is 22.2 Å². The number of phenols is 1. The van der Waals surface area contributed by atoms with E-state index in [2.05, 4.69) is 0 Å². The number of nitrogens with two attached hydrogens (primary N) is 1. The zero-order chi connectivity index (χ0) is 12.3. The highest BCUT2D eigenvalue weighted by Crippen LogP contribution is 2.28. The number of rotatable bonds is 1. The first-order valence-corrected chi connectivity index (χ1v) is 4.41. The summed E-state index contributed by atoms with van der Waals surface area (Å²) in [4.78, 5) is 11.4. The minimum absolute atomic E-state index is 0.118. The number of aromatic hydroxyl groups is 1. The highest BCUT2D eigenvalue weighted by Gasteiger charge is 2.15. The molecule has 0 saturated carbocycles. The van der Waals surface area contributed by atoms with Crippen LogP contribution in [0.25, 0.3) is 0 Å². The van der Waals surface area contributed by atoms with Crippen LogP contribution in [0.4, 0.5) is 0 Å². The van der Waals surface area contributed by atoms with E-state index in [4.69, 9.17) is 28.0 Å². The second kappa shape index (κ2) is 4.51. The minimum Gasteiger partial charge on any atom is -0.506 e. The molecule has 0 heterocycles. The summed E-state index contributed by atoms with van der Waals surface area (Å²) in [5.74, 6) is -1.83. The predicted octanol–water partition coefficient (Wildman–Crippen LogP) is 0.541. The van der Waals surface area contributed by atoms with Crippen molar-refractivity contribution in [1.82, 2.24) is 5.32 Å². The molecule has 1 aromatic carbocycles. The standard InChI is InChI=1S/C9H7ClN4O2/c10-6-2-4(3-11)1-5(7(6)15)8(16)14-9(12)13/h1-2,15H,(H4,12,13,14,16). The molecule has 1 aromatic rings. The summed E-state index contributed by atoms with van der Waals surface area (Å²) in [6.07, 6.45) is 0. The number of phenolic OH excluding ortho intramolecular Hbond substituents is 1. The summed E-state index contributed by atoms with van der Waals surface area (Å²) in [5.41, 5.74) is 4.87. The summed E-state index contributed by atoms with van der Waals surface area (Å²) < 4.78 is 0. The number of carbonyl (C=O) groups excluding carboxylic acids is 1. The van der Waals surface area contributed by atoms with Gasteiger partial charge < -0.3 is 10.8 Å². The number of amides is 1. The topological polar surface area (TPSA) is 123 Å². The van der Waals surface area contributed by atoms with Crippen LogP contribution in [0.3, 0.4) is 0 Å². The Bertz CT molecular complexity index is 507. The second-order valence-corrected chi connectivity index (χ2v) is 3.24. The van der Waals surface area contributed by atoms with Crippen molar-refractivity contribution in [1.29, 1.82) is 10.7 Å². The number of hydrogen-bond acceptors (Lipinski definition) is 4. The molecule has 16 heavy (non-hydrogen) atoms. The summed E-state index contributed by atoms with van der Waals surface area (Å²) in [5, 5.41) is 26.9. The van der Waals surface area contributed by atoms with Crippen molar-refractivity contribution in [3.8, 4) is 11.8 Å². The number of nitriles is 1. The zero-order valence-corrected chi connectivity index (χ0v) is 8.67. The van der Waals surface area contributed by atoms with Gasteiger partial charge in [-0.3, -0.25) is 15.5 Å². The van der Waals surface area contributed by atoms with Crippen molar-refractivity contribution in [2.75, 3.05) is 0 Å². The highest BCUT2D eigenvalue weighted by molar-refractivity contribution is 6.32. The van der Waals surface area contributed by atoms with Gasteiger partial charge in [0.15, 0.2) is 5.96 Å². The largest absolute Gasteiger partial charge is 0.506 e. The van der Waals surface area contributed by atoms with Gasteiger partial charge in [-0.25, -0.2) is 0 Å². The number of halogens is 1.